The molecule has 0 radical (unpaired) electrons. The van der Waals surface area contributed by atoms with E-state index in [1.54, 1.807) is 12.1 Å². The second-order valence-corrected chi connectivity index (χ2v) is 6.14. The number of Topliss-reactive ketones (excluding diaryl/α,β-unsaturated/α-hetero) is 1. The van der Waals surface area contributed by atoms with Crippen LogP contribution in [0.2, 0.25) is 5.02 Å². The predicted molar refractivity (Wildman–Crippen MR) is 75.2 cm³/mol. The summed E-state index contributed by atoms with van der Waals surface area (Å²) in [5.74, 6) is 0.200. The number of hydrogen-bond donors (Lipinski definition) is 0. The van der Waals surface area contributed by atoms with Crippen LogP contribution in [0.1, 0.15) is 37.0 Å². The lowest BCUT2D eigenvalue weighted by molar-refractivity contribution is 0.0782. The average Bonchev–Trinajstić information content (AvgIpc) is 2.81. The van der Waals surface area contributed by atoms with E-state index in [-0.39, 0.29) is 11.2 Å². The summed E-state index contributed by atoms with van der Waals surface area (Å²) in [6, 6.07) is 7.19. The molecule has 1 aromatic carbocycles. The van der Waals surface area contributed by atoms with E-state index in [1.807, 2.05) is 26.0 Å². The third-order valence-electron chi connectivity index (χ3n) is 3.54. The molecule has 0 amide bonds. The fraction of sp³-hybridized carbons (Fsp3) is 0.533. The van der Waals surface area contributed by atoms with Gasteiger partial charge in [0, 0.05) is 22.5 Å². The van der Waals surface area contributed by atoms with Gasteiger partial charge >= 0.3 is 0 Å². The van der Waals surface area contributed by atoms with Gasteiger partial charge in [0.2, 0.25) is 0 Å². The smallest absolute Gasteiger partial charge is 0.169 e. The summed E-state index contributed by atoms with van der Waals surface area (Å²) in [5, 5.41) is 0.670. The Hall–Kier alpha value is -0.860. The molecule has 1 fully saturated rings. The maximum absolute atomic E-state index is 12.5. The molecule has 2 nitrogen and oxygen atoms in total. The van der Waals surface area contributed by atoms with E-state index in [1.165, 1.54) is 12.8 Å². The first kappa shape index (κ1) is 13.6. The molecule has 98 valence electrons. The largest absolute Gasteiger partial charge is 0.302 e. The van der Waals surface area contributed by atoms with Gasteiger partial charge < -0.3 is 4.90 Å². The fourth-order valence-corrected chi connectivity index (χ4v) is 2.69. The van der Waals surface area contributed by atoms with E-state index in [9.17, 15) is 4.79 Å². The zero-order valence-corrected chi connectivity index (χ0v) is 11.8. The highest BCUT2D eigenvalue weighted by Crippen LogP contribution is 2.25. The van der Waals surface area contributed by atoms with E-state index < -0.39 is 0 Å². The molecule has 0 aliphatic carbocycles. The van der Waals surface area contributed by atoms with Gasteiger partial charge in [-0.3, -0.25) is 4.79 Å². The number of nitrogens with zero attached hydrogens (tertiary/aromatic N) is 1. The van der Waals surface area contributed by atoms with Crippen molar-refractivity contribution in [1.29, 1.82) is 0 Å². The summed E-state index contributed by atoms with van der Waals surface area (Å²) < 4.78 is 0. The molecule has 3 heteroatoms. The molecule has 0 saturated carbocycles. The summed E-state index contributed by atoms with van der Waals surface area (Å²) in [6.07, 6.45) is 2.51. The molecule has 0 atom stereocenters. The quantitative estimate of drug-likeness (QED) is 0.775. The van der Waals surface area contributed by atoms with Crippen LogP contribution in [0, 0.1) is 5.41 Å². The summed E-state index contributed by atoms with van der Waals surface area (Å²) in [5.41, 5.74) is 0.418. The van der Waals surface area contributed by atoms with E-state index in [0.29, 0.717) is 5.02 Å². The van der Waals surface area contributed by atoms with Crippen molar-refractivity contribution in [3.05, 3.63) is 34.9 Å². The highest BCUT2D eigenvalue weighted by atomic mass is 35.5. The van der Waals surface area contributed by atoms with Gasteiger partial charge in [0.15, 0.2) is 5.78 Å². The van der Waals surface area contributed by atoms with Gasteiger partial charge in [0.25, 0.3) is 0 Å². The summed E-state index contributed by atoms with van der Waals surface area (Å²) in [4.78, 5) is 14.9. The van der Waals surface area contributed by atoms with Crippen LogP contribution in [0.5, 0.6) is 0 Å². The molecule has 1 aliphatic rings. The van der Waals surface area contributed by atoms with Crippen LogP contribution in [0.25, 0.3) is 0 Å². The first-order valence-electron chi connectivity index (χ1n) is 6.52. The van der Waals surface area contributed by atoms with Crippen molar-refractivity contribution in [2.45, 2.75) is 26.7 Å². The van der Waals surface area contributed by atoms with Gasteiger partial charge in [0.05, 0.1) is 0 Å². The summed E-state index contributed by atoms with van der Waals surface area (Å²) in [7, 11) is 0. The number of hydrogen-bond acceptors (Lipinski definition) is 2. The van der Waals surface area contributed by atoms with Gasteiger partial charge in [-0.25, -0.2) is 0 Å². The van der Waals surface area contributed by atoms with E-state index in [4.69, 9.17) is 11.6 Å². The van der Waals surface area contributed by atoms with Crippen molar-refractivity contribution >= 4 is 17.4 Å². The first-order valence-corrected chi connectivity index (χ1v) is 6.89. The van der Waals surface area contributed by atoms with E-state index in [0.717, 1.165) is 25.2 Å². The average molecular weight is 266 g/mol. The second kappa shape index (κ2) is 5.41. The Labute approximate surface area is 114 Å². The van der Waals surface area contributed by atoms with Gasteiger partial charge in [0.1, 0.15) is 0 Å². The standard InChI is InChI=1S/C15H20ClNO/c1-15(2,11-17-9-3-4-10-17)14(18)12-5-7-13(16)8-6-12/h5-8H,3-4,9-11H2,1-2H3. The Bertz CT molecular complexity index is 419. The summed E-state index contributed by atoms with van der Waals surface area (Å²) in [6.45, 7) is 7.15. The second-order valence-electron chi connectivity index (χ2n) is 5.70. The van der Waals surface area contributed by atoms with Crippen molar-refractivity contribution in [3.63, 3.8) is 0 Å². The third-order valence-corrected chi connectivity index (χ3v) is 3.79. The minimum Gasteiger partial charge on any atom is -0.302 e. The molecule has 0 bridgehead atoms. The topological polar surface area (TPSA) is 20.3 Å². The van der Waals surface area contributed by atoms with Crippen LogP contribution in [0.4, 0.5) is 0 Å². The molecule has 0 N–H and O–H groups in total. The molecule has 0 unspecified atom stereocenters. The highest BCUT2D eigenvalue weighted by molar-refractivity contribution is 6.30. The van der Waals surface area contributed by atoms with E-state index >= 15 is 0 Å². The molecule has 1 saturated heterocycles. The lowest BCUT2D eigenvalue weighted by Crippen LogP contribution is -2.37. The normalized spacial score (nSPS) is 17.1. The minimum absolute atomic E-state index is 0.200. The maximum Gasteiger partial charge on any atom is 0.169 e. The lowest BCUT2D eigenvalue weighted by Gasteiger charge is -2.28. The van der Waals surface area contributed by atoms with Crippen molar-refractivity contribution in [1.82, 2.24) is 4.90 Å². The molecule has 2 rings (SSSR count). The van der Waals surface area contributed by atoms with Crippen molar-refractivity contribution < 1.29 is 4.79 Å². The zero-order chi connectivity index (χ0) is 13.2. The van der Waals surface area contributed by atoms with Crippen molar-refractivity contribution in [2.24, 2.45) is 5.41 Å². The molecule has 1 aromatic rings. The SMILES string of the molecule is CC(C)(CN1CCCC1)C(=O)c1ccc(Cl)cc1. The molecule has 1 aliphatic heterocycles. The van der Waals surface area contributed by atoms with Crippen LogP contribution >= 0.6 is 11.6 Å². The molecular weight excluding hydrogens is 246 g/mol. The highest BCUT2D eigenvalue weighted by Gasteiger charge is 2.31. The van der Waals surface area contributed by atoms with Gasteiger partial charge in [-0.1, -0.05) is 25.4 Å². The number of benzene rings is 1. The summed E-state index contributed by atoms with van der Waals surface area (Å²) >= 11 is 5.85. The Balaban J connectivity index is 2.08. The van der Waals surface area contributed by atoms with Crippen LogP contribution in [0.15, 0.2) is 24.3 Å². The number of ketones is 1. The molecule has 0 aromatic heterocycles. The third kappa shape index (κ3) is 3.12. The Morgan fingerprint density at radius 2 is 1.78 bits per heavy atom. The van der Waals surface area contributed by atoms with Gasteiger partial charge in [-0.05, 0) is 50.2 Å². The van der Waals surface area contributed by atoms with Gasteiger partial charge in [-0.2, -0.15) is 0 Å². The van der Waals surface area contributed by atoms with E-state index in [2.05, 4.69) is 4.90 Å². The minimum atomic E-state index is -0.335. The zero-order valence-electron chi connectivity index (χ0n) is 11.1. The van der Waals surface area contributed by atoms with Gasteiger partial charge in [-0.15, -0.1) is 0 Å². The molecule has 0 spiro atoms. The predicted octanol–water partition coefficient (Wildman–Crippen LogP) is 3.64. The fourth-order valence-electron chi connectivity index (χ4n) is 2.56. The lowest BCUT2D eigenvalue weighted by atomic mass is 9.84. The molecule has 1 heterocycles. The molecular formula is C15H20ClNO. The van der Waals surface area contributed by atoms with Crippen LogP contribution in [-0.4, -0.2) is 30.3 Å². The van der Waals surface area contributed by atoms with Crippen molar-refractivity contribution in [3.8, 4) is 0 Å². The van der Waals surface area contributed by atoms with Crippen LogP contribution < -0.4 is 0 Å². The van der Waals surface area contributed by atoms with Crippen LogP contribution in [0.3, 0.4) is 0 Å². The maximum atomic E-state index is 12.5. The Kier molecular flexibility index (Phi) is 4.08. The number of carbonyl (C=O) groups is 1. The number of likely N-dealkylation sites (tertiary alicyclic amines) is 1. The molecule has 18 heavy (non-hydrogen) atoms. The van der Waals surface area contributed by atoms with Crippen molar-refractivity contribution in [2.75, 3.05) is 19.6 Å². The Morgan fingerprint density at radius 1 is 1.22 bits per heavy atom. The number of halogens is 1. The number of carbonyl (C=O) groups excluding carboxylic acids is 1. The Morgan fingerprint density at radius 3 is 2.33 bits per heavy atom. The first-order chi connectivity index (χ1) is 8.49. The van der Waals surface area contributed by atoms with Crippen LogP contribution in [-0.2, 0) is 0 Å². The monoisotopic (exact) mass is 265 g/mol. The number of rotatable bonds is 4.